The van der Waals surface area contributed by atoms with Gasteiger partial charge in [0.25, 0.3) is 0 Å². The average molecular weight is 483 g/mol. The van der Waals surface area contributed by atoms with Crippen LogP contribution in [-0.4, -0.2) is 27.4 Å². The van der Waals surface area contributed by atoms with Crippen LogP contribution in [0.15, 0.2) is 95.5 Å². The summed E-state index contributed by atoms with van der Waals surface area (Å²) < 4.78 is 6.33. The molecule has 1 saturated heterocycles. The van der Waals surface area contributed by atoms with Crippen molar-refractivity contribution in [1.29, 1.82) is 0 Å². The van der Waals surface area contributed by atoms with Crippen molar-refractivity contribution >= 4 is 28.9 Å². The van der Waals surface area contributed by atoms with Gasteiger partial charge in [-0.2, -0.15) is 0 Å². The minimum absolute atomic E-state index is 0.0634. The van der Waals surface area contributed by atoms with Crippen LogP contribution < -0.4 is 10.6 Å². The highest BCUT2D eigenvalue weighted by Gasteiger charge is 2.41. The Morgan fingerprint density at radius 2 is 1.80 bits per heavy atom. The van der Waals surface area contributed by atoms with E-state index in [0.717, 1.165) is 34.0 Å². The summed E-state index contributed by atoms with van der Waals surface area (Å²) in [5, 5.41) is 6.99. The first-order valence-corrected chi connectivity index (χ1v) is 12.0. The Morgan fingerprint density at radius 3 is 2.57 bits per heavy atom. The summed E-state index contributed by atoms with van der Waals surface area (Å²) in [5.74, 6) is 1.49. The Bertz CT molecular complexity index is 1320. The number of anilines is 1. The third-order valence-electron chi connectivity index (χ3n) is 6.17. The van der Waals surface area contributed by atoms with E-state index < -0.39 is 0 Å². The number of carbonyl (C=O) groups excluding carboxylic acids is 1. The number of aromatic nitrogens is 1. The molecule has 4 aromatic rings. The fourth-order valence-electron chi connectivity index (χ4n) is 4.37. The molecule has 5 rings (SSSR count). The highest BCUT2D eigenvalue weighted by molar-refractivity contribution is 7.80. The van der Waals surface area contributed by atoms with Gasteiger partial charge in [-0.25, -0.2) is 0 Å². The molecule has 7 heteroatoms. The Morgan fingerprint density at radius 1 is 1.03 bits per heavy atom. The number of carbonyl (C=O) groups is 1. The van der Waals surface area contributed by atoms with E-state index >= 15 is 0 Å². The zero-order valence-corrected chi connectivity index (χ0v) is 20.2. The Balaban J connectivity index is 1.39. The lowest BCUT2D eigenvalue weighted by molar-refractivity contribution is -0.116. The second kappa shape index (κ2) is 10.1. The average Bonchev–Trinajstić information content (AvgIpc) is 3.50. The topological polar surface area (TPSA) is 70.4 Å². The second-order valence-corrected chi connectivity index (χ2v) is 8.89. The molecule has 2 aromatic carbocycles. The lowest BCUT2D eigenvalue weighted by Gasteiger charge is -2.26. The predicted molar refractivity (Wildman–Crippen MR) is 141 cm³/mol. The summed E-state index contributed by atoms with van der Waals surface area (Å²) in [6, 6.07) is 27.1. The summed E-state index contributed by atoms with van der Waals surface area (Å²) in [4.78, 5) is 19.4. The molecule has 2 N–H and O–H groups in total. The fraction of sp³-hybridized carbons (Fsp3) is 0.179. The molecule has 0 saturated carbocycles. The van der Waals surface area contributed by atoms with E-state index in [2.05, 4.69) is 15.6 Å². The number of furan rings is 1. The molecule has 0 aliphatic carbocycles. The van der Waals surface area contributed by atoms with Crippen molar-refractivity contribution in [1.82, 2.24) is 15.2 Å². The van der Waals surface area contributed by atoms with Crippen LogP contribution in [0.1, 0.15) is 35.5 Å². The highest BCUT2D eigenvalue weighted by Crippen LogP contribution is 2.40. The van der Waals surface area contributed by atoms with Gasteiger partial charge in [0.05, 0.1) is 11.7 Å². The molecule has 0 radical (unpaired) electrons. The molecule has 2 atom stereocenters. The Kier molecular flexibility index (Phi) is 6.59. The quantitative estimate of drug-likeness (QED) is 0.332. The Hall–Kier alpha value is -3.97. The van der Waals surface area contributed by atoms with Gasteiger partial charge in [0.1, 0.15) is 17.6 Å². The molecule has 35 heavy (non-hydrogen) atoms. The van der Waals surface area contributed by atoms with Crippen LogP contribution in [0, 0.1) is 6.92 Å². The number of amides is 1. The molecule has 1 aliphatic rings. The summed E-state index contributed by atoms with van der Waals surface area (Å²) in [7, 11) is 0. The van der Waals surface area contributed by atoms with Crippen LogP contribution in [0.25, 0.3) is 11.3 Å². The number of para-hydroxylation sites is 1. The van der Waals surface area contributed by atoms with Gasteiger partial charge >= 0.3 is 0 Å². The third-order valence-corrected chi connectivity index (χ3v) is 6.53. The molecule has 1 aliphatic heterocycles. The minimum Gasteiger partial charge on any atom is -0.459 e. The number of hydrogen-bond donors (Lipinski definition) is 2. The Labute approximate surface area is 210 Å². The van der Waals surface area contributed by atoms with Crippen molar-refractivity contribution in [2.45, 2.75) is 25.4 Å². The van der Waals surface area contributed by atoms with E-state index in [1.54, 1.807) is 6.20 Å². The molecule has 1 fully saturated rings. The van der Waals surface area contributed by atoms with E-state index in [0.29, 0.717) is 11.7 Å². The fourth-order valence-corrected chi connectivity index (χ4v) is 4.70. The maximum atomic E-state index is 12.8. The molecule has 176 valence electrons. The third kappa shape index (κ3) is 4.95. The van der Waals surface area contributed by atoms with Crippen LogP contribution in [0.5, 0.6) is 0 Å². The number of pyridine rings is 1. The van der Waals surface area contributed by atoms with Gasteiger partial charge in [-0.1, -0.05) is 54.6 Å². The van der Waals surface area contributed by atoms with Crippen molar-refractivity contribution in [2.24, 2.45) is 0 Å². The molecule has 6 nitrogen and oxygen atoms in total. The van der Waals surface area contributed by atoms with Gasteiger partial charge in [0, 0.05) is 30.4 Å². The number of nitrogens with one attached hydrogen (secondary N) is 2. The van der Waals surface area contributed by atoms with Gasteiger partial charge in [-0.15, -0.1) is 0 Å². The van der Waals surface area contributed by atoms with E-state index in [9.17, 15) is 4.79 Å². The van der Waals surface area contributed by atoms with E-state index in [1.807, 2.05) is 96.8 Å². The molecule has 0 unspecified atom stereocenters. The lowest BCUT2D eigenvalue weighted by atomic mass is 10.0. The molecule has 2 aromatic heterocycles. The smallest absolute Gasteiger partial charge is 0.226 e. The van der Waals surface area contributed by atoms with Crippen molar-refractivity contribution in [3.8, 4) is 11.3 Å². The molecule has 3 heterocycles. The number of thiocarbonyl (C=S) groups is 1. The zero-order chi connectivity index (χ0) is 24.2. The number of rotatable bonds is 7. The van der Waals surface area contributed by atoms with E-state index in [4.69, 9.17) is 16.6 Å². The number of aryl methyl sites for hydroxylation is 1. The molecular formula is C28H26N4O2S. The normalized spacial score (nSPS) is 17.3. The minimum atomic E-state index is -0.235. The second-order valence-electron chi connectivity index (χ2n) is 8.50. The first-order valence-electron chi connectivity index (χ1n) is 11.6. The first kappa shape index (κ1) is 22.8. The maximum absolute atomic E-state index is 12.8. The monoisotopic (exact) mass is 482 g/mol. The summed E-state index contributed by atoms with van der Waals surface area (Å²) in [5.41, 5.74) is 3.72. The highest BCUT2D eigenvalue weighted by atomic mass is 32.1. The van der Waals surface area contributed by atoms with Crippen molar-refractivity contribution in [3.63, 3.8) is 0 Å². The largest absolute Gasteiger partial charge is 0.459 e. The lowest BCUT2D eigenvalue weighted by Crippen LogP contribution is -2.32. The van der Waals surface area contributed by atoms with Gasteiger partial charge < -0.3 is 20.0 Å². The summed E-state index contributed by atoms with van der Waals surface area (Å²) in [6.07, 6.45) is 2.06. The number of nitrogens with zero attached hydrogens (tertiary/aromatic N) is 2. The number of benzene rings is 2. The standard InChI is InChI=1S/C28H26N4O2S/c1-19-9-5-6-12-21(19)30-25(33)16-18-32-27(26(31-28(32)35)22-13-7-8-17-29-22)24-15-14-23(34-24)20-10-3-2-4-11-20/h2-15,17,26-27H,16,18H2,1H3,(H,30,33)(H,31,35)/t26-,27-/m1/s1. The van der Waals surface area contributed by atoms with Crippen LogP contribution in [-0.2, 0) is 4.79 Å². The summed E-state index contributed by atoms with van der Waals surface area (Å²) >= 11 is 5.71. The van der Waals surface area contributed by atoms with Crippen LogP contribution in [0.4, 0.5) is 5.69 Å². The van der Waals surface area contributed by atoms with Crippen molar-refractivity contribution < 1.29 is 9.21 Å². The maximum Gasteiger partial charge on any atom is 0.226 e. The van der Waals surface area contributed by atoms with Gasteiger partial charge in [-0.05, 0) is 55.0 Å². The van der Waals surface area contributed by atoms with Crippen molar-refractivity contribution in [3.05, 3.63) is 108 Å². The van der Waals surface area contributed by atoms with Crippen LogP contribution in [0.3, 0.4) is 0 Å². The predicted octanol–water partition coefficient (Wildman–Crippen LogP) is 5.65. The summed E-state index contributed by atoms with van der Waals surface area (Å²) in [6.45, 7) is 2.42. The molecule has 0 spiro atoms. The van der Waals surface area contributed by atoms with Crippen LogP contribution in [0.2, 0.25) is 0 Å². The first-order chi connectivity index (χ1) is 17.1. The zero-order valence-electron chi connectivity index (χ0n) is 19.3. The molecule has 1 amide bonds. The van der Waals surface area contributed by atoms with E-state index in [1.165, 1.54) is 0 Å². The van der Waals surface area contributed by atoms with Gasteiger partial charge in [0.2, 0.25) is 5.91 Å². The molecule has 0 bridgehead atoms. The van der Waals surface area contributed by atoms with Gasteiger partial charge in [-0.3, -0.25) is 9.78 Å². The molecular weight excluding hydrogens is 456 g/mol. The van der Waals surface area contributed by atoms with Gasteiger partial charge in [0.15, 0.2) is 5.11 Å². The number of hydrogen-bond acceptors (Lipinski definition) is 4. The van der Waals surface area contributed by atoms with E-state index in [-0.39, 0.29) is 24.4 Å². The van der Waals surface area contributed by atoms with Crippen LogP contribution >= 0.6 is 12.2 Å². The van der Waals surface area contributed by atoms with Crippen molar-refractivity contribution in [2.75, 3.05) is 11.9 Å². The SMILES string of the molecule is Cc1ccccc1NC(=O)CCN1C(=S)N[C@H](c2ccccn2)[C@H]1c1ccc(-c2ccccc2)o1.